The Morgan fingerprint density at radius 1 is 1.40 bits per heavy atom. The summed E-state index contributed by atoms with van der Waals surface area (Å²) in [7, 11) is 0. The second kappa shape index (κ2) is 11.3. The summed E-state index contributed by atoms with van der Waals surface area (Å²) in [4.78, 5) is 37.3. The van der Waals surface area contributed by atoms with Gasteiger partial charge in [-0.2, -0.15) is 11.8 Å². The van der Waals surface area contributed by atoms with Crippen molar-refractivity contribution in [3.8, 4) is 0 Å². The molecule has 2 rings (SSSR count). The number of quaternary nitrogens is 2. The van der Waals surface area contributed by atoms with Crippen LogP contribution in [0.5, 0.6) is 0 Å². The highest BCUT2D eigenvalue weighted by atomic mass is 32.2. The lowest BCUT2D eigenvalue weighted by Gasteiger charge is -2.43. The first-order valence-electron chi connectivity index (χ1n) is 10.5. The van der Waals surface area contributed by atoms with Gasteiger partial charge in [0.25, 0.3) is 5.91 Å². The molecule has 0 aromatic heterocycles. The zero-order valence-corrected chi connectivity index (χ0v) is 18.4. The molecule has 11 heteroatoms. The van der Waals surface area contributed by atoms with E-state index in [4.69, 9.17) is 0 Å². The van der Waals surface area contributed by atoms with Crippen molar-refractivity contribution in [2.75, 3.05) is 31.2 Å². The molecule has 7 N–H and O–H groups in total. The van der Waals surface area contributed by atoms with Gasteiger partial charge in [-0.15, -0.1) is 0 Å². The molecule has 2 aliphatic rings. The number of nitrogens with one attached hydrogen (secondary N) is 1. The number of hydrogen-bond donors (Lipinski definition) is 4. The molecule has 172 valence electrons. The van der Waals surface area contributed by atoms with Crippen molar-refractivity contribution in [1.82, 2.24) is 10.2 Å². The van der Waals surface area contributed by atoms with Crippen molar-refractivity contribution in [3.63, 3.8) is 0 Å². The second-order valence-electron chi connectivity index (χ2n) is 8.37. The van der Waals surface area contributed by atoms with E-state index in [1.54, 1.807) is 0 Å². The third kappa shape index (κ3) is 6.07. The first-order chi connectivity index (χ1) is 14.2. The van der Waals surface area contributed by atoms with Crippen molar-refractivity contribution in [2.24, 2.45) is 11.8 Å². The molecule has 0 radical (unpaired) electrons. The van der Waals surface area contributed by atoms with E-state index >= 15 is 0 Å². The van der Waals surface area contributed by atoms with Crippen molar-refractivity contribution < 1.29 is 40.8 Å². The van der Waals surface area contributed by atoms with Gasteiger partial charge >= 0.3 is 0 Å². The smallest absolute Gasteiger partial charge is 0.279 e. The minimum Gasteiger partial charge on any atom is -0.847 e. The van der Waals surface area contributed by atoms with Crippen molar-refractivity contribution in [3.05, 3.63) is 0 Å². The Hall–Kier alpha value is -1.40. The number of piperidine rings is 1. The number of likely N-dealkylation sites (tertiary alicyclic amines) is 1. The molecule has 0 bridgehead atoms. The van der Waals surface area contributed by atoms with E-state index in [1.165, 1.54) is 23.6 Å². The zero-order valence-electron chi connectivity index (χ0n) is 17.6. The predicted octanol–water partition coefficient (Wildman–Crippen LogP) is -5.51. The summed E-state index contributed by atoms with van der Waals surface area (Å²) < 4.78 is 0. The normalized spacial score (nSPS) is 31.2. The van der Waals surface area contributed by atoms with Crippen LogP contribution in [-0.2, 0) is 14.4 Å². The molecular formula is C19H34N4O6S. The van der Waals surface area contributed by atoms with E-state index in [9.17, 15) is 29.7 Å². The molecule has 2 saturated heterocycles. The van der Waals surface area contributed by atoms with Crippen LogP contribution in [0.3, 0.4) is 0 Å². The monoisotopic (exact) mass is 446 g/mol. The highest BCUT2D eigenvalue weighted by Gasteiger charge is 2.35. The molecular weight excluding hydrogens is 412 g/mol. The van der Waals surface area contributed by atoms with Gasteiger partial charge in [0.15, 0.2) is 6.04 Å². The third-order valence-corrected chi connectivity index (χ3v) is 7.43. The van der Waals surface area contributed by atoms with Gasteiger partial charge in [-0.05, 0) is 32.6 Å². The molecule has 7 atom stereocenters. The number of carboxylic acids is 1. The molecule has 0 aliphatic carbocycles. The highest BCUT2D eigenvalue weighted by molar-refractivity contribution is 7.99. The SMILES string of the molecule is CC1[NH2+]CC(CSC[C@@H]([NH3+])C(=O)N[C@H](C)C(=O)N2CCC[C@H]2C(=O)[O-])C(CO)C1[O-]. The largest absolute Gasteiger partial charge is 0.847 e. The van der Waals surface area contributed by atoms with E-state index in [2.05, 4.69) is 11.1 Å². The van der Waals surface area contributed by atoms with Crippen molar-refractivity contribution in [1.29, 1.82) is 0 Å². The molecule has 2 amide bonds. The van der Waals surface area contributed by atoms with E-state index in [-0.39, 0.29) is 30.4 Å². The number of aliphatic hydroxyl groups excluding tert-OH is 1. The van der Waals surface area contributed by atoms with E-state index < -0.39 is 36.1 Å². The van der Waals surface area contributed by atoms with Crippen LogP contribution in [0.15, 0.2) is 0 Å². The molecule has 2 aliphatic heterocycles. The first-order valence-corrected chi connectivity index (χ1v) is 11.6. The molecule has 30 heavy (non-hydrogen) atoms. The van der Waals surface area contributed by atoms with Gasteiger partial charge in [0.2, 0.25) is 5.91 Å². The first kappa shape index (κ1) is 24.9. The summed E-state index contributed by atoms with van der Waals surface area (Å²) in [5.41, 5.74) is 3.86. The standard InChI is InChI=1S/C19H33N4O6S/c1-10-16(25)13(7-24)12(6-21-10)8-30-9-14(20)17(26)22-11(2)18(27)23-5-3-4-15(23)19(28)29/h10-16,21,24H,3-9,20H2,1-2H3,(H,22,26)(H,28,29)/q-1/p+1/t10?,11-,12?,13?,14-,15+,16?/m1/s1. The fraction of sp³-hybridized carbons (Fsp3) is 0.842. The number of amides is 2. The van der Waals surface area contributed by atoms with Gasteiger partial charge in [0.1, 0.15) is 6.04 Å². The van der Waals surface area contributed by atoms with Crippen LogP contribution in [0.1, 0.15) is 26.7 Å². The number of nitrogens with two attached hydrogens (primary N) is 1. The number of rotatable bonds is 9. The van der Waals surface area contributed by atoms with Gasteiger partial charge in [-0.3, -0.25) is 9.59 Å². The lowest BCUT2D eigenvalue weighted by Crippen LogP contribution is -2.97. The third-order valence-electron chi connectivity index (χ3n) is 6.13. The summed E-state index contributed by atoms with van der Waals surface area (Å²) in [6.07, 6.45) is 0.144. The van der Waals surface area contributed by atoms with Gasteiger partial charge in [-0.25, -0.2) is 0 Å². The summed E-state index contributed by atoms with van der Waals surface area (Å²) in [5, 5.41) is 37.6. The number of carbonyl (C=O) groups is 3. The maximum Gasteiger partial charge on any atom is 0.279 e. The maximum absolute atomic E-state index is 12.5. The molecule has 4 unspecified atom stereocenters. The minimum atomic E-state index is -1.28. The van der Waals surface area contributed by atoms with E-state index in [1.807, 2.05) is 12.2 Å². The van der Waals surface area contributed by atoms with Crippen LogP contribution in [-0.4, -0.2) is 89.3 Å². The van der Waals surface area contributed by atoms with E-state index in [0.717, 1.165) is 6.54 Å². The number of aliphatic hydroxyl groups is 1. The maximum atomic E-state index is 12.5. The van der Waals surface area contributed by atoms with Gasteiger partial charge < -0.3 is 41.4 Å². The number of aliphatic carboxylic acids is 1. The lowest BCUT2D eigenvalue weighted by atomic mass is 9.83. The van der Waals surface area contributed by atoms with Gasteiger partial charge in [-0.1, -0.05) is 6.10 Å². The molecule has 0 saturated carbocycles. The summed E-state index contributed by atoms with van der Waals surface area (Å²) in [6, 6.07) is -2.44. The van der Waals surface area contributed by atoms with Crippen LogP contribution in [0.4, 0.5) is 0 Å². The summed E-state index contributed by atoms with van der Waals surface area (Å²) in [5.74, 6) is -1.23. The highest BCUT2D eigenvalue weighted by Crippen LogP contribution is 2.22. The van der Waals surface area contributed by atoms with Crippen LogP contribution in [0.25, 0.3) is 0 Å². The molecule has 10 nitrogen and oxygen atoms in total. The fourth-order valence-electron chi connectivity index (χ4n) is 4.16. The quantitative estimate of drug-likeness (QED) is 0.273. The Labute approximate surface area is 180 Å². The van der Waals surface area contributed by atoms with E-state index in [0.29, 0.717) is 30.9 Å². The Kier molecular flexibility index (Phi) is 9.35. The zero-order chi connectivity index (χ0) is 22.4. The average Bonchev–Trinajstić information content (AvgIpc) is 3.20. The average molecular weight is 447 g/mol. The summed E-state index contributed by atoms with van der Waals surface area (Å²) >= 11 is 1.51. The molecule has 0 spiro atoms. The van der Waals surface area contributed by atoms with Crippen molar-refractivity contribution in [2.45, 2.75) is 57.0 Å². The molecule has 0 aromatic carbocycles. The Bertz CT molecular complexity index is 624. The molecule has 2 fully saturated rings. The van der Waals surface area contributed by atoms with Gasteiger partial charge in [0.05, 0.1) is 30.4 Å². The number of hydrogen-bond acceptors (Lipinski definition) is 7. The fourth-order valence-corrected chi connectivity index (χ4v) is 5.41. The number of nitrogens with zero attached hydrogens (tertiary/aromatic N) is 1. The van der Waals surface area contributed by atoms with Crippen LogP contribution in [0.2, 0.25) is 0 Å². The minimum absolute atomic E-state index is 0.0547. The van der Waals surface area contributed by atoms with Crippen molar-refractivity contribution >= 4 is 29.5 Å². The molecule has 2 heterocycles. The van der Waals surface area contributed by atoms with Gasteiger partial charge in [0, 0.05) is 24.8 Å². The molecule has 0 aromatic rings. The van der Waals surface area contributed by atoms with Crippen LogP contribution >= 0.6 is 11.8 Å². The number of carbonyl (C=O) groups excluding carboxylic acids is 3. The second-order valence-corrected chi connectivity index (χ2v) is 9.45. The number of carboxylic acid groups (broad SMARTS) is 1. The van der Waals surface area contributed by atoms with Crippen LogP contribution < -0.4 is 26.6 Å². The predicted molar refractivity (Wildman–Crippen MR) is 105 cm³/mol. The Morgan fingerprint density at radius 2 is 2.10 bits per heavy atom. The number of thioether (sulfide) groups is 1. The Morgan fingerprint density at radius 3 is 2.73 bits per heavy atom. The topological polar surface area (TPSA) is 177 Å². The lowest BCUT2D eigenvalue weighted by molar-refractivity contribution is -0.735. The van der Waals surface area contributed by atoms with Crippen LogP contribution in [0, 0.1) is 11.8 Å². The summed E-state index contributed by atoms with van der Waals surface area (Å²) in [6.45, 7) is 4.39. The Balaban J connectivity index is 1.77.